The molecule has 0 saturated carbocycles. The van der Waals surface area contributed by atoms with E-state index in [1.54, 1.807) is 7.11 Å². The van der Waals surface area contributed by atoms with Crippen molar-refractivity contribution in [3.63, 3.8) is 0 Å². The van der Waals surface area contributed by atoms with Gasteiger partial charge in [0.2, 0.25) is 0 Å². The Hall–Kier alpha value is -0.650. The molecule has 1 saturated heterocycles. The minimum Gasteiger partial charge on any atom is -0.465 e. The number of esters is 1. The molecule has 0 aromatic rings. The minimum atomic E-state index is -0.569. The molecule has 0 radical (unpaired) electrons. The summed E-state index contributed by atoms with van der Waals surface area (Å²) < 4.78 is 10.5. The zero-order valence-electron chi connectivity index (χ0n) is 13.4. The first-order chi connectivity index (χ1) is 9.55. The molecular formula is C15H30N2O3. The molecule has 0 aromatic heterocycles. The molecule has 20 heavy (non-hydrogen) atoms. The van der Waals surface area contributed by atoms with Crippen molar-refractivity contribution in [2.24, 2.45) is 0 Å². The molecule has 0 spiro atoms. The third-order valence-corrected chi connectivity index (χ3v) is 4.30. The molecule has 1 rings (SSSR count). The molecule has 1 aliphatic rings. The highest BCUT2D eigenvalue weighted by Crippen LogP contribution is 2.17. The number of rotatable bonds is 8. The number of nitrogens with one attached hydrogen (secondary N) is 1. The fraction of sp³-hybridized carbons (Fsp3) is 0.933. The quantitative estimate of drug-likeness (QED) is 0.684. The molecule has 5 heteroatoms. The van der Waals surface area contributed by atoms with Gasteiger partial charge in [-0.15, -0.1) is 0 Å². The standard InChI is InChI=1S/C15H30N2O3/c1-5-20-14(18)15(2,16-3)9-6-10-17-11-7-13(19-4)8-12-17/h13,16H,5-12H2,1-4H3. The Morgan fingerprint density at radius 1 is 1.40 bits per heavy atom. The highest BCUT2D eigenvalue weighted by molar-refractivity contribution is 5.80. The second-order valence-corrected chi connectivity index (χ2v) is 5.68. The van der Waals surface area contributed by atoms with E-state index in [4.69, 9.17) is 9.47 Å². The van der Waals surface area contributed by atoms with E-state index in [9.17, 15) is 4.79 Å². The molecule has 1 N–H and O–H groups in total. The van der Waals surface area contributed by atoms with Crippen LogP contribution in [0.4, 0.5) is 0 Å². The van der Waals surface area contributed by atoms with Crippen LogP contribution in [0.3, 0.4) is 0 Å². The normalized spacial score (nSPS) is 20.6. The number of nitrogens with zero attached hydrogens (tertiary/aromatic N) is 1. The number of likely N-dealkylation sites (tertiary alicyclic amines) is 1. The van der Waals surface area contributed by atoms with E-state index in [2.05, 4.69) is 10.2 Å². The molecule has 0 aliphatic carbocycles. The van der Waals surface area contributed by atoms with Crippen LogP contribution in [-0.4, -0.2) is 62.9 Å². The topological polar surface area (TPSA) is 50.8 Å². The lowest BCUT2D eigenvalue weighted by molar-refractivity contribution is -0.150. The minimum absolute atomic E-state index is 0.152. The summed E-state index contributed by atoms with van der Waals surface area (Å²) in [6, 6.07) is 0. The van der Waals surface area contributed by atoms with Crippen LogP contribution < -0.4 is 5.32 Å². The smallest absolute Gasteiger partial charge is 0.326 e. The fourth-order valence-electron chi connectivity index (χ4n) is 2.64. The number of ether oxygens (including phenoxy) is 2. The molecule has 1 atom stereocenters. The van der Waals surface area contributed by atoms with E-state index in [-0.39, 0.29) is 5.97 Å². The van der Waals surface area contributed by atoms with Crippen molar-refractivity contribution in [3.05, 3.63) is 0 Å². The van der Waals surface area contributed by atoms with E-state index in [1.807, 2.05) is 20.9 Å². The van der Waals surface area contributed by atoms with Crippen LogP contribution in [-0.2, 0) is 14.3 Å². The van der Waals surface area contributed by atoms with E-state index >= 15 is 0 Å². The van der Waals surface area contributed by atoms with Crippen molar-refractivity contribution in [3.8, 4) is 0 Å². The highest BCUT2D eigenvalue weighted by atomic mass is 16.5. The van der Waals surface area contributed by atoms with Crippen molar-refractivity contribution in [1.29, 1.82) is 0 Å². The second kappa shape index (κ2) is 8.60. The van der Waals surface area contributed by atoms with Crippen molar-refractivity contribution in [2.45, 2.75) is 51.2 Å². The van der Waals surface area contributed by atoms with Gasteiger partial charge in [0, 0.05) is 20.2 Å². The van der Waals surface area contributed by atoms with Gasteiger partial charge in [-0.3, -0.25) is 4.79 Å². The second-order valence-electron chi connectivity index (χ2n) is 5.68. The summed E-state index contributed by atoms with van der Waals surface area (Å²) in [4.78, 5) is 14.4. The molecule has 0 aromatic carbocycles. The largest absolute Gasteiger partial charge is 0.465 e. The van der Waals surface area contributed by atoms with Crippen molar-refractivity contribution in [1.82, 2.24) is 10.2 Å². The van der Waals surface area contributed by atoms with Crippen LogP contribution in [0, 0.1) is 0 Å². The average Bonchev–Trinajstić information content (AvgIpc) is 2.48. The number of carbonyl (C=O) groups excluding carboxylic acids is 1. The molecule has 1 fully saturated rings. The Morgan fingerprint density at radius 3 is 2.55 bits per heavy atom. The summed E-state index contributed by atoms with van der Waals surface area (Å²) in [6.45, 7) is 7.41. The van der Waals surface area contributed by atoms with Crippen LogP contribution >= 0.6 is 0 Å². The number of hydrogen-bond donors (Lipinski definition) is 1. The van der Waals surface area contributed by atoms with Gasteiger partial charge in [-0.2, -0.15) is 0 Å². The maximum atomic E-state index is 11.9. The number of methoxy groups -OCH3 is 1. The average molecular weight is 286 g/mol. The third-order valence-electron chi connectivity index (χ3n) is 4.30. The number of likely N-dealkylation sites (N-methyl/N-ethyl adjacent to an activating group) is 1. The van der Waals surface area contributed by atoms with Crippen molar-refractivity contribution in [2.75, 3.05) is 40.4 Å². The van der Waals surface area contributed by atoms with Gasteiger partial charge in [-0.05, 0) is 53.1 Å². The Bertz CT molecular complexity index is 291. The van der Waals surface area contributed by atoms with Crippen LogP contribution in [0.2, 0.25) is 0 Å². The van der Waals surface area contributed by atoms with E-state index < -0.39 is 5.54 Å². The molecular weight excluding hydrogens is 256 g/mol. The summed E-state index contributed by atoms with van der Waals surface area (Å²) in [5, 5.41) is 3.10. The van der Waals surface area contributed by atoms with Gasteiger partial charge in [-0.1, -0.05) is 0 Å². The van der Waals surface area contributed by atoms with Gasteiger partial charge < -0.3 is 19.7 Å². The van der Waals surface area contributed by atoms with Gasteiger partial charge >= 0.3 is 5.97 Å². The van der Waals surface area contributed by atoms with E-state index in [0.29, 0.717) is 12.7 Å². The Kier molecular flexibility index (Phi) is 7.48. The molecule has 118 valence electrons. The van der Waals surface area contributed by atoms with Crippen LogP contribution in [0.1, 0.15) is 39.5 Å². The maximum absolute atomic E-state index is 11.9. The molecule has 5 nitrogen and oxygen atoms in total. The third kappa shape index (κ3) is 5.04. The Morgan fingerprint density at radius 2 is 2.05 bits per heavy atom. The zero-order valence-corrected chi connectivity index (χ0v) is 13.4. The molecule has 1 heterocycles. The maximum Gasteiger partial charge on any atom is 0.326 e. The highest BCUT2D eigenvalue weighted by Gasteiger charge is 2.32. The summed E-state index contributed by atoms with van der Waals surface area (Å²) in [5.41, 5.74) is -0.569. The summed E-state index contributed by atoms with van der Waals surface area (Å²) in [5.74, 6) is -0.152. The molecule has 0 amide bonds. The monoisotopic (exact) mass is 286 g/mol. The molecule has 1 aliphatic heterocycles. The first-order valence-electron chi connectivity index (χ1n) is 7.67. The van der Waals surface area contributed by atoms with Crippen LogP contribution in [0.15, 0.2) is 0 Å². The lowest BCUT2D eigenvalue weighted by Gasteiger charge is -2.32. The SMILES string of the molecule is CCOC(=O)C(C)(CCCN1CCC(OC)CC1)NC. The number of carbonyl (C=O) groups is 1. The lowest BCUT2D eigenvalue weighted by Crippen LogP contribution is -2.49. The Labute approximate surface area is 123 Å². The fourth-order valence-corrected chi connectivity index (χ4v) is 2.64. The van der Waals surface area contributed by atoms with Crippen LogP contribution in [0.5, 0.6) is 0 Å². The predicted octanol–water partition coefficient (Wildman–Crippen LogP) is 1.42. The predicted molar refractivity (Wildman–Crippen MR) is 79.8 cm³/mol. The van der Waals surface area contributed by atoms with Crippen LogP contribution in [0.25, 0.3) is 0 Å². The van der Waals surface area contributed by atoms with Gasteiger partial charge in [0.15, 0.2) is 0 Å². The van der Waals surface area contributed by atoms with Gasteiger partial charge in [0.05, 0.1) is 12.7 Å². The van der Waals surface area contributed by atoms with Gasteiger partial charge in [-0.25, -0.2) is 0 Å². The summed E-state index contributed by atoms with van der Waals surface area (Å²) >= 11 is 0. The van der Waals surface area contributed by atoms with Gasteiger partial charge in [0.25, 0.3) is 0 Å². The Balaban J connectivity index is 2.29. The lowest BCUT2D eigenvalue weighted by atomic mass is 9.95. The number of hydrogen-bond acceptors (Lipinski definition) is 5. The van der Waals surface area contributed by atoms with Gasteiger partial charge in [0.1, 0.15) is 5.54 Å². The van der Waals surface area contributed by atoms with E-state index in [0.717, 1.165) is 45.3 Å². The first-order valence-corrected chi connectivity index (χ1v) is 7.67. The van der Waals surface area contributed by atoms with Crippen molar-refractivity contribution < 1.29 is 14.3 Å². The molecule has 0 bridgehead atoms. The summed E-state index contributed by atoms with van der Waals surface area (Å²) in [6.07, 6.45) is 4.43. The zero-order chi connectivity index (χ0) is 15.0. The van der Waals surface area contributed by atoms with Crippen molar-refractivity contribution >= 4 is 5.97 Å². The van der Waals surface area contributed by atoms with E-state index in [1.165, 1.54) is 0 Å². The molecule has 1 unspecified atom stereocenters. The number of piperidine rings is 1. The summed E-state index contributed by atoms with van der Waals surface area (Å²) in [7, 11) is 3.61. The first kappa shape index (κ1) is 17.4.